The van der Waals surface area contributed by atoms with E-state index in [0.717, 1.165) is 12.8 Å². The number of hydrogen-bond donors (Lipinski definition) is 2. The summed E-state index contributed by atoms with van der Waals surface area (Å²) in [7, 11) is 1.65. The molecule has 24 heavy (non-hydrogen) atoms. The summed E-state index contributed by atoms with van der Waals surface area (Å²) in [6, 6.07) is 7.66. The lowest BCUT2D eigenvalue weighted by Gasteiger charge is -2.24. The smallest absolute Gasteiger partial charge is 0.238 e. The van der Waals surface area contributed by atoms with Crippen LogP contribution in [0.2, 0.25) is 0 Å². The number of amides is 2. The third kappa shape index (κ3) is 5.03. The summed E-state index contributed by atoms with van der Waals surface area (Å²) >= 11 is 0. The van der Waals surface area contributed by atoms with Gasteiger partial charge in [-0.1, -0.05) is 0 Å². The molecule has 0 heterocycles. The fourth-order valence-corrected chi connectivity index (χ4v) is 2.83. The van der Waals surface area contributed by atoms with Crippen LogP contribution in [-0.4, -0.2) is 42.4 Å². The first-order chi connectivity index (χ1) is 11.4. The van der Waals surface area contributed by atoms with E-state index in [1.807, 2.05) is 0 Å². The molecule has 0 aromatic heterocycles. The molecule has 0 radical (unpaired) electrons. The van der Waals surface area contributed by atoms with E-state index in [0.29, 0.717) is 18.5 Å². The normalized spacial score (nSPS) is 15.8. The van der Waals surface area contributed by atoms with Gasteiger partial charge in [0.25, 0.3) is 0 Å². The Balaban J connectivity index is 1.78. The maximum Gasteiger partial charge on any atom is 0.238 e. The fraction of sp³-hybridized carbons (Fsp3) is 0.471. The Morgan fingerprint density at radius 2 is 1.79 bits per heavy atom. The largest absolute Gasteiger partial charge is 0.337 e. The predicted molar refractivity (Wildman–Crippen MR) is 87.5 cm³/mol. The van der Waals surface area contributed by atoms with Gasteiger partial charge in [0.2, 0.25) is 11.8 Å². The average molecular weight is 332 g/mol. The van der Waals surface area contributed by atoms with E-state index in [1.165, 1.54) is 24.3 Å². The van der Waals surface area contributed by atoms with Crippen LogP contribution in [0.3, 0.4) is 0 Å². The summed E-state index contributed by atoms with van der Waals surface area (Å²) in [5.74, 6) is -0.941. The molecule has 7 heteroatoms. The van der Waals surface area contributed by atoms with Gasteiger partial charge in [-0.3, -0.25) is 14.5 Å². The summed E-state index contributed by atoms with van der Waals surface area (Å²) in [5, 5.41) is 14.7. The van der Waals surface area contributed by atoms with Gasteiger partial charge in [0.15, 0.2) is 0 Å². The molecule has 2 rings (SSSR count). The van der Waals surface area contributed by atoms with Crippen molar-refractivity contribution in [3.05, 3.63) is 30.1 Å². The van der Waals surface area contributed by atoms with Gasteiger partial charge in [0.1, 0.15) is 11.4 Å². The Hall–Kier alpha value is -2.46. The van der Waals surface area contributed by atoms with Crippen molar-refractivity contribution in [2.45, 2.75) is 31.2 Å². The van der Waals surface area contributed by atoms with Gasteiger partial charge in [0.05, 0.1) is 19.2 Å². The lowest BCUT2D eigenvalue weighted by atomic mass is 10.00. The highest BCUT2D eigenvalue weighted by molar-refractivity contribution is 5.92. The quantitative estimate of drug-likeness (QED) is 0.829. The molecule has 1 aromatic rings. The van der Waals surface area contributed by atoms with Gasteiger partial charge < -0.3 is 10.6 Å². The zero-order valence-electron chi connectivity index (χ0n) is 13.6. The lowest BCUT2D eigenvalue weighted by Crippen LogP contribution is -2.49. The SMILES string of the molecule is CN(CC(=O)Nc1ccc(F)cc1)CC(=O)NC1(C#N)CCCC1. The number of anilines is 1. The van der Waals surface area contributed by atoms with Crippen molar-refractivity contribution in [3.8, 4) is 6.07 Å². The van der Waals surface area contributed by atoms with Crippen molar-refractivity contribution >= 4 is 17.5 Å². The zero-order chi connectivity index (χ0) is 17.6. The van der Waals surface area contributed by atoms with Gasteiger partial charge in [-0.2, -0.15) is 5.26 Å². The van der Waals surface area contributed by atoms with Gasteiger partial charge in [-0.15, -0.1) is 0 Å². The number of halogens is 1. The first kappa shape index (κ1) is 17.9. The van der Waals surface area contributed by atoms with E-state index >= 15 is 0 Å². The van der Waals surface area contributed by atoms with Crippen LogP contribution in [0.1, 0.15) is 25.7 Å². The van der Waals surface area contributed by atoms with Crippen molar-refractivity contribution < 1.29 is 14.0 Å². The number of carbonyl (C=O) groups is 2. The van der Waals surface area contributed by atoms with E-state index in [1.54, 1.807) is 11.9 Å². The third-order valence-electron chi connectivity index (χ3n) is 4.00. The monoisotopic (exact) mass is 332 g/mol. The molecule has 128 valence electrons. The van der Waals surface area contributed by atoms with Crippen LogP contribution >= 0.6 is 0 Å². The molecule has 0 spiro atoms. The molecule has 1 fully saturated rings. The number of benzene rings is 1. The predicted octanol–water partition coefficient (Wildman–Crippen LogP) is 1.65. The number of hydrogen-bond acceptors (Lipinski definition) is 4. The van der Waals surface area contributed by atoms with Gasteiger partial charge in [-0.05, 0) is 57.0 Å². The van der Waals surface area contributed by atoms with Crippen LogP contribution in [0.25, 0.3) is 0 Å². The van der Waals surface area contributed by atoms with Crippen LogP contribution in [0, 0.1) is 17.1 Å². The van der Waals surface area contributed by atoms with E-state index in [4.69, 9.17) is 0 Å². The molecule has 2 amide bonds. The Bertz CT molecular complexity index is 633. The molecule has 1 aliphatic carbocycles. The number of carbonyl (C=O) groups excluding carboxylic acids is 2. The second-order valence-corrected chi connectivity index (χ2v) is 6.18. The second-order valence-electron chi connectivity index (χ2n) is 6.18. The minimum atomic E-state index is -0.756. The number of rotatable bonds is 6. The molecule has 1 aliphatic rings. The van der Waals surface area contributed by atoms with Crippen LogP contribution < -0.4 is 10.6 Å². The highest BCUT2D eigenvalue weighted by Gasteiger charge is 2.35. The Morgan fingerprint density at radius 1 is 1.21 bits per heavy atom. The maximum atomic E-state index is 12.8. The maximum absolute atomic E-state index is 12.8. The van der Waals surface area contributed by atoms with Crippen molar-refractivity contribution in [3.63, 3.8) is 0 Å². The van der Waals surface area contributed by atoms with Crippen molar-refractivity contribution in [2.24, 2.45) is 0 Å². The molecule has 6 nitrogen and oxygen atoms in total. The minimum Gasteiger partial charge on any atom is -0.337 e. The molecular formula is C17H21FN4O2. The third-order valence-corrected chi connectivity index (χ3v) is 4.00. The fourth-order valence-electron chi connectivity index (χ4n) is 2.83. The van der Waals surface area contributed by atoms with E-state index in [9.17, 15) is 19.2 Å². The van der Waals surface area contributed by atoms with E-state index in [2.05, 4.69) is 16.7 Å². The standard InChI is InChI=1S/C17H21FN4O2/c1-22(10-15(23)20-14-6-4-13(18)5-7-14)11-16(24)21-17(12-19)8-2-3-9-17/h4-7H,2-3,8-11H2,1H3,(H,20,23)(H,21,24). The number of likely N-dealkylation sites (N-methyl/N-ethyl adjacent to an activating group) is 1. The number of nitriles is 1. The highest BCUT2D eigenvalue weighted by Crippen LogP contribution is 2.28. The van der Waals surface area contributed by atoms with Gasteiger partial charge in [-0.25, -0.2) is 4.39 Å². The van der Waals surface area contributed by atoms with Gasteiger partial charge >= 0.3 is 0 Å². The van der Waals surface area contributed by atoms with Crippen molar-refractivity contribution in [2.75, 3.05) is 25.5 Å². The summed E-state index contributed by atoms with van der Waals surface area (Å²) in [6.45, 7) is 0.0462. The molecule has 2 N–H and O–H groups in total. The molecule has 0 aliphatic heterocycles. The Morgan fingerprint density at radius 3 is 2.38 bits per heavy atom. The first-order valence-corrected chi connectivity index (χ1v) is 7.89. The Labute approximate surface area is 140 Å². The molecule has 1 saturated carbocycles. The van der Waals surface area contributed by atoms with Gasteiger partial charge in [0, 0.05) is 5.69 Å². The average Bonchev–Trinajstić information content (AvgIpc) is 2.98. The summed E-state index contributed by atoms with van der Waals surface area (Å²) < 4.78 is 12.8. The Kier molecular flexibility index (Phi) is 5.88. The zero-order valence-corrected chi connectivity index (χ0v) is 13.6. The molecular weight excluding hydrogens is 311 g/mol. The van der Waals surface area contributed by atoms with Crippen LogP contribution in [0.5, 0.6) is 0 Å². The summed E-state index contributed by atoms with van der Waals surface area (Å²) in [6.07, 6.45) is 3.21. The van der Waals surface area contributed by atoms with Crippen molar-refractivity contribution in [1.82, 2.24) is 10.2 Å². The lowest BCUT2D eigenvalue weighted by molar-refractivity contribution is -0.124. The number of nitrogens with one attached hydrogen (secondary N) is 2. The highest BCUT2D eigenvalue weighted by atomic mass is 19.1. The molecule has 0 saturated heterocycles. The second kappa shape index (κ2) is 7.88. The van der Waals surface area contributed by atoms with E-state index in [-0.39, 0.29) is 30.7 Å². The molecule has 0 bridgehead atoms. The van der Waals surface area contributed by atoms with Crippen LogP contribution in [0.15, 0.2) is 24.3 Å². The van der Waals surface area contributed by atoms with Crippen molar-refractivity contribution in [1.29, 1.82) is 5.26 Å². The molecule has 0 unspecified atom stereocenters. The van der Waals surface area contributed by atoms with Crippen LogP contribution in [-0.2, 0) is 9.59 Å². The first-order valence-electron chi connectivity index (χ1n) is 7.89. The minimum absolute atomic E-state index is 0.0182. The molecule has 0 atom stereocenters. The summed E-state index contributed by atoms with van der Waals surface area (Å²) in [5.41, 5.74) is -0.262. The summed E-state index contributed by atoms with van der Waals surface area (Å²) in [4.78, 5) is 25.6. The van der Waals surface area contributed by atoms with E-state index < -0.39 is 5.54 Å². The number of nitrogens with zero attached hydrogens (tertiary/aromatic N) is 2. The topological polar surface area (TPSA) is 85.2 Å². The molecule has 1 aromatic carbocycles. The van der Waals surface area contributed by atoms with Crippen LogP contribution in [0.4, 0.5) is 10.1 Å².